The second kappa shape index (κ2) is 6.44. The molecule has 2 rings (SSSR count). The highest BCUT2D eigenvalue weighted by molar-refractivity contribution is 7.09. The highest BCUT2D eigenvalue weighted by Gasteiger charge is 2.06. The summed E-state index contributed by atoms with van der Waals surface area (Å²) < 4.78 is 0. The molecule has 96 valence electrons. The number of anilines is 1. The van der Waals surface area contributed by atoms with Gasteiger partial charge in [-0.3, -0.25) is 0 Å². The van der Waals surface area contributed by atoms with Crippen LogP contribution in [0.15, 0.2) is 17.6 Å². The van der Waals surface area contributed by atoms with Gasteiger partial charge in [0.15, 0.2) is 0 Å². The van der Waals surface area contributed by atoms with E-state index >= 15 is 0 Å². The quantitative estimate of drug-likeness (QED) is 0.869. The van der Waals surface area contributed by atoms with E-state index in [1.165, 1.54) is 0 Å². The number of nitrogens with one attached hydrogen (secondary N) is 1. The zero-order valence-electron chi connectivity index (χ0n) is 10.8. The van der Waals surface area contributed by atoms with Gasteiger partial charge in [-0.1, -0.05) is 6.92 Å². The van der Waals surface area contributed by atoms with Crippen molar-refractivity contribution < 1.29 is 0 Å². The largest absolute Gasteiger partial charge is 0.370 e. The molecule has 18 heavy (non-hydrogen) atoms. The molecule has 0 aliphatic carbocycles. The van der Waals surface area contributed by atoms with Crippen LogP contribution in [0.5, 0.6) is 0 Å². The Morgan fingerprint density at radius 2 is 2.17 bits per heavy atom. The van der Waals surface area contributed by atoms with E-state index in [2.05, 4.69) is 34.1 Å². The molecule has 0 unspecified atom stereocenters. The first-order valence-electron chi connectivity index (χ1n) is 6.31. The third-order valence-corrected chi connectivity index (χ3v) is 3.25. The van der Waals surface area contributed by atoms with E-state index in [0.29, 0.717) is 0 Å². The van der Waals surface area contributed by atoms with Crippen molar-refractivity contribution in [2.75, 3.05) is 11.9 Å². The minimum atomic E-state index is 0.787. The van der Waals surface area contributed by atoms with Gasteiger partial charge in [-0.2, -0.15) is 0 Å². The van der Waals surface area contributed by atoms with Crippen molar-refractivity contribution in [2.45, 2.75) is 33.1 Å². The predicted molar refractivity (Wildman–Crippen MR) is 75.1 cm³/mol. The van der Waals surface area contributed by atoms with Gasteiger partial charge >= 0.3 is 0 Å². The first-order valence-corrected chi connectivity index (χ1v) is 7.18. The molecule has 5 heteroatoms. The lowest BCUT2D eigenvalue weighted by molar-refractivity contribution is 0.817. The lowest BCUT2D eigenvalue weighted by atomic mass is 10.2. The van der Waals surface area contributed by atoms with Crippen LogP contribution in [-0.4, -0.2) is 21.5 Å². The Labute approximate surface area is 112 Å². The summed E-state index contributed by atoms with van der Waals surface area (Å²) in [6.45, 7) is 5.09. The number of aromatic nitrogens is 3. The Morgan fingerprint density at radius 3 is 2.83 bits per heavy atom. The molecule has 0 radical (unpaired) electrons. The van der Waals surface area contributed by atoms with Gasteiger partial charge in [0.2, 0.25) is 0 Å². The fourth-order valence-electron chi connectivity index (χ4n) is 1.75. The molecule has 4 nitrogen and oxygen atoms in total. The number of hydrogen-bond donors (Lipinski definition) is 1. The summed E-state index contributed by atoms with van der Waals surface area (Å²) in [6.07, 6.45) is 4.60. The minimum Gasteiger partial charge on any atom is -0.370 e. The molecule has 0 spiro atoms. The van der Waals surface area contributed by atoms with Gasteiger partial charge < -0.3 is 5.32 Å². The lowest BCUT2D eigenvalue weighted by Gasteiger charge is -2.07. The topological polar surface area (TPSA) is 50.7 Å². The van der Waals surface area contributed by atoms with Crippen molar-refractivity contribution in [2.24, 2.45) is 0 Å². The van der Waals surface area contributed by atoms with Gasteiger partial charge in [0.1, 0.15) is 11.6 Å². The molecule has 2 aromatic heterocycles. The van der Waals surface area contributed by atoms with Crippen molar-refractivity contribution in [3.05, 3.63) is 34.2 Å². The van der Waals surface area contributed by atoms with Crippen LogP contribution < -0.4 is 5.32 Å². The Kier molecular flexibility index (Phi) is 4.64. The predicted octanol–water partition coefficient (Wildman–Crippen LogP) is 2.91. The maximum absolute atomic E-state index is 4.60. The average molecular weight is 262 g/mol. The highest BCUT2D eigenvalue weighted by atomic mass is 32.1. The molecular formula is C13H18N4S. The van der Waals surface area contributed by atoms with Crippen LogP contribution >= 0.6 is 11.3 Å². The van der Waals surface area contributed by atoms with Crippen LogP contribution in [-0.2, 0) is 12.8 Å². The molecule has 1 N–H and O–H groups in total. The third-order valence-electron chi connectivity index (χ3n) is 2.47. The molecule has 0 atom stereocenters. The van der Waals surface area contributed by atoms with Gasteiger partial charge in [-0.15, -0.1) is 11.3 Å². The summed E-state index contributed by atoms with van der Waals surface area (Å²) in [5.74, 6) is 1.84. The number of nitrogens with zero attached hydrogens (tertiary/aromatic N) is 3. The Morgan fingerprint density at radius 1 is 1.28 bits per heavy atom. The van der Waals surface area contributed by atoms with Crippen LogP contribution in [0.1, 0.15) is 36.8 Å². The Hall–Kier alpha value is -1.49. The van der Waals surface area contributed by atoms with E-state index in [-0.39, 0.29) is 0 Å². The summed E-state index contributed by atoms with van der Waals surface area (Å²) >= 11 is 1.66. The SMILES string of the molecule is CCCc1nc(Cc2nccs2)cc(NCC)n1. The van der Waals surface area contributed by atoms with Crippen molar-refractivity contribution in [3.63, 3.8) is 0 Å². The normalized spacial score (nSPS) is 10.6. The van der Waals surface area contributed by atoms with Crippen LogP contribution in [0.4, 0.5) is 5.82 Å². The fourth-order valence-corrected chi connectivity index (χ4v) is 2.38. The van der Waals surface area contributed by atoms with Crippen LogP contribution in [0.25, 0.3) is 0 Å². The Balaban J connectivity index is 2.21. The second-order valence-electron chi connectivity index (χ2n) is 4.04. The summed E-state index contributed by atoms with van der Waals surface area (Å²) in [5, 5.41) is 6.35. The van der Waals surface area contributed by atoms with Gasteiger partial charge in [0, 0.05) is 37.0 Å². The van der Waals surface area contributed by atoms with Gasteiger partial charge in [0.05, 0.1) is 10.7 Å². The number of aryl methyl sites for hydroxylation is 1. The number of rotatable bonds is 6. The molecule has 0 fully saturated rings. The van der Waals surface area contributed by atoms with E-state index in [9.17, 15) is 0 Å². The number of thiazole rings is 1. The van der Waals surface area contributed by atoms with Crippen molar-refractivity contribution in [1.82, 2.24) is 15.0 Å². The summed E-state index contributed by atoms with van der Waals surface area (Å²) in [4.78, 5) is 13.4. The summed E-state index contributed by atoms with van der Waals surface area (Å²) in [7, 11) is 0. The molecular weight excluding hydrogens is 244 g/mol. The molecule has 0 saturated heterocycles. The van der Waals surface area contributed by atoms with E-state index in [0.717, 1.165) is 48.2 Å². The average Bonchev–Trinajstić information content (AvgIpc) is 2.82. The Bertz CT molecular complexity index is 457. The van der Waals surface area contributed by atoms with E-state index < -0.39 is 0 Å². The second-order valence-corrected chi connectivity index (χ2v) is 5.02. The smallest absolute Gasteiger partial charge is 0.131 e. The molecule has 0 aliphatic heterocycles. The molecule has 0 bridgehead atoms. The summed E-state index contributed by atoms with van der Waals surface area (Å²) in [5.41, 5.74) is 1.04. The molecule has 0 aromatic carbocycles. The highest BCUT2D eigenvalue weighted by Crippen LogP contribution is 2.14. The zero-order chi connectivity index (χ0) is 12.8. The first-order chi connectivity index (χ1) is 8.81. The first kappa shape index (κ1) is 13.0. The molecule has 0 aliphatic rings. The van der Waals surface area contributed by atoms with E-state index in [4.69, 9.17) is 0 Å². The van der Waals surface area contributed by atoms with Crippen molar-refractivity contribution in [1.29, 1.82) is 0 Å². The fraction of sp³-hybridized carbons (Fsp3) is 0.462. The zero-order valence-corrected chi connectivity index (χ0v) is 11.6. The standard InChI is InChI=1S/C13H18N4S/c1-3-5-11-16-10(8-12(17-11)14-4-2)9-13-15-6-7-18-13/h6-8H,3-5,9H2,1-2H3,(H,14,16,17). The minimum absolute atomic E-state index is 0.787. The monoisotopic (exact) mass is 262 g/mol. The van der Waals surface area contributed by atoms with E-state index in [1.54, 1.807) is 11.3 Å². The lowest BCUT2D eigenvalue weighted by Crippen LogP contribution is -2.06. The van der Waals surface area contributed by atoms with Crippen molar-refractivity contribution >= 4 is 17.2 Å². The maximum Gasteiger partial charge on any atom is 0.131 e. The van der Waals surface area contributed by atoms with Gasteiger partial charge in [-0.05, 0) is 13.3 Å². The van der Waals surface area contributed by atoms with Gasteiger partial charge in [0.25, 0.3) is 0 Å². The molecule has 2 aromatic rings. The van der Waals surface area contributed by atoms with Gasteiger partial charge in [-0.25, -0.2) is 15.0 Å². The molecule has 0 amide bonds. The third kappa shape index (κ3) is 3.50. The van der Waals surface area contributed by atoms with Crippen LogP contribution in [0, 0.1) is 0 Å². The molecule has 0 saturated carbocycles. The van der Waals surface area contributed by atoms with Crippen LogP contribution in [0.3, 0.4) is 0 Å². The number of hydrogen-bond acceptors (Lipinski definition) is 5. The van der Waals surface area contributed by atoms with Crippen molar-refractivity contribution in [3.8, 4) is 0 Å². The van der Waals surface area contributed by atoms with E-state index in [1.807, 2.05) is 17.6 Å². The van der Waals surface area contributed by atoms with Crippen LogP contribution in [0.2, 0.25) is 0 Å². The summed E-state index contributed by atoms with van der Waals surface area (Å²) in [6, 6.07) is 2.02. The maximum atomic E-state index is 4.60. The molecule has 2 heterocycles.